The molecule has 0 spiro atoms. The molecule has 2 aromatic heterocycles. The second-order valence-corrected chi connectivity index (χ2v) is 6.80. The van der Waals surface area contributed by atoms with Gasteiger partial charge in [-0.2, -0.15) is 4.98 Å². The first-order valence-electron chi connectivity index (χ1n) is 9.43. The van der Waals surface area contributed by atoms with Crippen molar-refractivity contribution in [2.24, 2.45) is 0 Å². The predicted molar refractivity (Wildman–Crippen MR) is 104 cm³/mol. The molecule has 7 heteroatoms. The molecular formula is C20H25N5O2. The maximum Gasteiger partial charge on any atom is 0.240 e. The lowest BCUT2D eigenvalue weighted by molar-refractivity contribution is 0.174. The largest absolute Gasteiger partial charge is 0.377 e. The van der Waals surface area contributed by atoms with Gasteiger partial charge in [-0.1, -0.05) is 30.3 Å². The Kier molecular flexibility index (Phi) is 5.31. The van der Waals surface area contributed by atoms with E-state index in [0.717, 1.165) is 43.8 Å². The molecule has 0 unspecified atom stereocenters. The molecule has 0 aliphatic carbocycles. The molecule has 1 aliphatic heterocycles. The summed E-state index contributed by atoms with van der Waals surface area (Å²) in [4.78, 5) is 13.9. The van der Waals surface area contributed by atoms with Gasteiger partial charge in [-0.25, -0.2) is 0 Å². The summed E-state index contributed by atoms with van der Waals surface area (Å²) in [5.74, 6) is 1.25. The number of methoxy groups -OCH3 is 1. The zero-order chi connectivity index (χ0) is 18.6. The number of para-hydroxylation sites is 1. The molecule has 1 aliphatic rings. The summed E-state index contributed by atoms with van der Waals surface area (Å²) in [5.41, 5.74) is 3.51. The van der Waals surface area contributed by atoms with Gasteiger partial charge in [0.1, 0.15) is 6.61 Å². The SMILES string of the molecule is CCc1cc(N2CCN(Cc3nc(COC)no3)CC2)c2ccccc2n1. The number of aryl methyl sites for hydroxylation is 1. The maximum atomic E-state index is 5.31. The fourth-order valence-corrected chi connectivity index (χ4v) is 3.53. The molecule has 0 radical (unpaired) electrons. The third kappa shape index (κ3) is 3.94. The van der Waals surface area contributed by atoms with Gasteiger partial charge in [0.05, 0.1) is 12.1 Å². The predicted octanol–water partition coefficient (Wildman–Crippen LogP) is 2.65. The highest BCUT2D eigenvalue weighted by molar-refractivity contribution is 5.92. The smallest absolute Gasteiger partial charge is 0.240 e. The number of hydrogen-bond donors (Lipinski definition) is 0. The van der Waals surface area contributed by atoms with Crippen molar-refractivity contribution >= 4 is 16.6 Å². The van der Waals surface area contributed by atoms with Gasteiger partial charge in [-0.15, -0.1) is 0 Å². The number of ether oxygens (including phenoxy) is 1. The van der Waals surface area contributed by atoms with Crippen LogP contribution in [0.25, 0.3) is 10.9 Å². The van der Waals surface area contributed by atoms with Crippen molar-refractivity contribution in [1.82, 2.24) is 20.0 Å². The van der Waals surface area contributed by atoms with Crippen molar-refractivity contribution in [3.05, 3.63) is 47.7 Å². The Morgan fingerprint density at radius 1 is 1.11 bits per heavy atom. The first kappa shape index (κ1) is 17.9. The molecule has 27 heavy (non-hydrogen) atoms. The fourth-order valence-electron chi connectivity index (χ4n) is 3.53. The highest BCUT2D eigenvalue weighted by Crippen LogP contribution is 2.28. The van der Waals surface area contributed by atoms with Crippen LogP contribution in [-0.2, 0) is 24.3 Å². The Balaban J connectivity index is 1.45. The van der Waals surface area contributed by atoms with Crippen LogP contribution in [0.1, 0.15) is 24.3 Å². The summed E-state index contributed by atoms with van der Waals surface area (Å²) in [6, 6.07) is 10.6. The molecule has 0 N–H and O–H groups in total. The fraction of sp³-hybridized carbons (Fsp3) is 0.450. The zero-order valence-electron chi connectivity index (χ0n) is 15.9. The average Bonchev–Trinajstić information content (AvgIpc) is 3.15. The van der Waals surface area contributed by atoms with E-state index in [-0.39, 0.29) is 0 Å². The molecule has 0 amide bonds. The van der Waals surface area contributed by atoms with Gasteiger partial charge in [-0.05, 0) is 18.6 Å². The number of pyridine rings is 1. The number of fused-ring (bicyclic) bond motifs is 1. The van der Waals surface area contributed by atoms with Crippen LogP contribution in [0.5, 0.6) is 0 Å². The Bertz CT molecular complexity index is 902. The molecule has 7 nitrogen and oxygen atoms in total. The lowest BCUT2D eigenvalue weighted by atomic mass is 10.1. The number of nitrogens with zero attached hydrogens (tertiary/aromatic N) is 5. The first-order chi connectivity index (χ1) is 13.3. The van der Waals surface area contributed by atoms with Crippen molar-refractivity contribution < 1.29 is 9.26 Å². The summed E-state index contributed by atoms with van der Waals surface area (Å²) in [7, 11) is 1.63. The van der Waals surface area contributed by atoms with E-state index in [9.17, 15) is 0 Å². The molecule has 3 heterocycles. The molecule has 1 saturated heterocycles. The topological polar surface area (TPSA) is 67.5 Å². The van der Waals surface area contributed by atoms with Gasteiger partial charge in [-0.3, -0.25) is 9.88 Å². The van der Waals surface area contributed by atoms with E-state index in [0.29, 0.717) is 24.9 Å². The average molecular weight is 367 g/mol. The molecule has 4 rings (SSSR count). The van der Waals surface area contributed by atoms with Crippen LogP contribution < -0.4 is 4.90 Å². The molecule has 3 aromatic rings. The van der Waals surface area contributed by atoms with Crippen molar-refractivity contribution in [1.29, 1.82) is 0 Å². The van der Waals surface area contributed by atoms with Crippen LogP contribution in [0.15, 0.2) is 34.9 Å². The van der Waals surface area contributed by atoms with E-state index in [4.69, 9.17) is 14.2 Å². The number of aromatic nitrogens is 3. The molecule has 0 atom stereocenters. The number of anilines is 1. The van der Waals surface area contributed by atoms with Crippen molar-refractivity contribution in [3.8, 4) is 0 Å². The van der Waals surface area contributed by atoms with Gasteiger partial charge in [0.15, 0.2) is 5.82 Å². The normalized spacial score (nSPS) is 15.6. The van der Waals surface area contributed by atoms with Gasteiger partial charge >= 0.3 is 0 Å². The van der Waals surface area contributed by atoms with E-state index in [1.54, 1.807) is 7.11 Å². The summed E-state index contributed by atoms with van der Waals surface area (Å²) >= 11 is 0. The van der Waals surface area contributed by atoms with Crippen LogP contribution >= 0.6 is 0 Å². The van der Waals surface area contributed by atoms with Gasteiger partial charge in [0.2, 0.25) is 5.89 Å². The highest BCUT2D eigenvalue weighted by atomic mass is 16.5. The summed E-state index contributed by atoms with van der Waals surface area (Å²) in [6.07, 6.45) is 0.943. The van der Waals surface area contributed by atoms with E-state index < -0.39 is 0 Å². The van der Waals surface area contributed by atoms with Crippen molar-refractivity contribution in [2.45, 2.75) is 26.5 Å². The minimum Gasteiger partial charge on any atom is -0.377 e. The molecule has 1 aromatic carbocycles. The Labute approximate surface area is 158 Å². The Morgan fingerprint density at radius 3 is 2.70 bits per heavy atom. The van der Waals surface area contributed by atoms with Crippen molar-refractivity contribution in [3.63, 3.8) is 0 Å². The Morgan fingerprint density at radius 2 is 1.93 bits per heavy atom. The zero-order valence-corrected chi connectivity index (χ0v) is 15.9. The molecular weight excluding hydrogens is 342 g/mol. The van der Waals surface area contributed by atoms with Crippen LogP contribution in [0, 0.1) is 0 Å². The minimum atomic E-state index is 0.381. The summed E-state index contributed by atoms with van der Waals surface area (Å²) in [5, 5.41) is 5.16. The lowest BCUT2D eigenvalue weighted by Gasteiger charge is -2.36. The quantitative estimate of drug-likeness (QED) is 0.663. The summed E-state index contributed by atoms with van der Waals surface area (Å²) < 4.78 is 10.4. The van der Waals surface area contributed by atoms with Crippen LogP contribution in [0.4, 0.5) is 5.69 Å². The lowest BCUT2D eigenvalue weighted by Crippen LogP contribution is -2.46. The number of piperazine rings is 1. The second kappa shape index (κ2) is 8.02. The third-order valence-corrected chi connectivity index (χ3v) is 4.97. The standard InChI is InChI=1S/C20H25N5O2/c1-3-15-12-18(16-6-4-5-7-17(16)21-15)25-10-8-24(9-11-25)13-20-22-19(14-26-2)23-27-20/h4-7,12H,3,8-11,13-14H2,1-2H3. The molecule has 1 fully saturated rings. The molecule has 0 bridgehead atoms. The van der Waals surface area contributed by atoms with Crippen LogP contribution in [-0.4, -0.2) is 53.3 Å². The van der Waals surface area contributed by atoms with E-state index in [1.807, 2.05) is 0 Å². The monoisotopic (exact) mass is 367 g/mol. The van der Waals surface area contributed by atoms with Gasteiger partial charge < -0.3 is 14.2 Å². The van der Waals surface area contributed by atoms with E-state index in [2.05, 4.69) is 57.2 Å². The Hall–Kier alpha value is -2.51. The molecule has 142 valence electrons. The van der Waals surface area contributed by atoms with Crippen LogP contribution in [0.2, 0.25) is 0 Å². The first-order valence-corrected chi connectivity index (χ1v) is 9.43. The summed E-state index contributed by atoms with van der Waals surface area (Å²) in [6.45, 7) is 7.07. The minimum absolute atomic E-state index is 0.381. The highest BCUT2D eigenvalue weighted by Gasteiger charge is 2.21. The van der Waals surface area contributed by atoms with Gasteiger partial charge in [0, 0.05) is 50.1 Å². The van der Waals surface area contributed by atoms with Gasteiger partial charge in [0.25, 0.3) is 0 Å². The number of benzene rings is 1. The van der Waals surface area contributed by atoms with Crippen molar-refractivity contribution in [2.75, 3.05) is 38.2 Å². The number of rotatable bonds is 6. The molecule has 0 saturated carbocycles. The van der Waals surface area contributed by atoms with E-state index in [1.165, 1.54) is 11.1 Å². The van der Waals surface area contributed by atoms with Crippen LogP contribution in [0.3, 0.4) is 0 Å². The van der Waals surface area contributed by atoms with E-state index >= 15 is 0 Å². The number of hydrogen-bond acceptors (Lipinski definition) is 7. The maximum absolute atomic E-state index is 5.31. The second-order valence-electron chi connectivity index (χ2n) is 6.80. The third-order valence-electron chi connectivity index (χ3n) is 4.97.